The van der Waals surface area contributed by atoms with Crippen molar-refractivity contribution in [3.05, 3.63) is 23.0 Å². The minimum absolute atomic E-state index is 0.618. The molecule has 52 valence electrons. The molecule has 1 rings (SSSR count). The molecule has 0 fully saturated rings. The molecule has 3 heteroatoms. The summed E-state index contributed by atoms with van der Waals surface area (Å²) >= 11 is 0. The minimum Gasteiger partial charge on any atom is -0.298 e. The first kappa shape index (κ1) is 6.86. The van der Waals surface area contributed by atoms with E-state index in [-0.39, 0.29) is 0 Å². The highest BCUT2D eigenvalue weighted by atomic mass is 16.1. The molecular formula is C7H8N2O. The van der Waals surface area contributed by atoms with Crippen LogP contribution in [-0.4, -0.2) is 16.5 Å². The molecule has 10 heavy (non-hydrogen) atoms. The summed E-state index contributed by atoms with van der Waals surface area (Å²) in [6.45, 7) is 3.57. The molecule has 0 amide bonds. The predicted molar refractivity (Wildman–Crippen MR) is 36.9 cm³/mol. The largest absolute Gasteiger partial charge is 0.298 e. The van der Waals surface area contributed by atoms with Crippen molar-refractivity contribution in [3.63, 3.8) is 0 Å². The quantitative estimate of drug-likeness (QED) is 0.539. The van der Waals surface area contributed by atoms with Crippen LogP contribution in [0.15, 0.2) is 6.07 Å². The highest BCUT2D eigenvalue weighted by Gasteiger charge is 1.97. The molecule has 0 aliphatic carbocycles. The zero-order valence-electron chi connectivity index (χ0n) is 5.96. The van der Waals surface area contributed by atoms with E-state index in [1.807, 2.05) is 0 Å². The number of hydrogen-bond donors (Lipinski definition) is 0. The van der Waals surface area contributed by atoms with E-state index in [4.69, 9.17) is 0 Å². The molecule has 3 nitrogen and oxygen atoms in total. The van der Waals surface area contributed by atoms with Gasteiger partial charge in [0.1, 0.15) is 0 Å². The lowest BCUT2D eigenvalue weighted by molar-refractivity contribution is 0.112. The number of carbonyl (C=O) groups is 1. The third kappa shape index (κ3) is 1.18. The Hall–Kier alpha value is -1.25. The zero-order chi connectivity index (χ0) is 7.56. The number of rotatable bonds is 1. The molecule has 0 aromatic carbocycles. The fourth-order valence-corrected chi connectivity index (χ4v) is 0.689. The second-order valence-electron chi connectivity index (χ2n) is 2.14. The topological polar surface area (TPSA) is 42.9 Å². The molecule has 0 aliphatic rings. The number of nitrogens with zero attached hydrogens (tertiary/aromatic N) is 2. The van der Waals surface area contributed by atoms with Gasteiger partial charge in [-0.25, -0.2) is 0 Å². The summed E-state index contributed by atoms with van der Waals surface area (Å²) in [4.78, 5) is 10.3. The average molecular weight is 136 g/mol. The lowest BCUT2D eigenvalue weighted by Crippen LogP contribution is -1.95. The molecule has 0 N–H and O–H groups in total. The molecular weight excluding hydrogens is 128 g/mol. The standard InChI is InChI=1S/C7H8N2O/c1-5-3-7(4-10)6(2)9-8-5/h3-4H,1-2H3. The average Bonchev–Trinajstić information content (AvgIpc) is 1.94. The van der Waals surface area contributed by atoms with Gasteiger partial charge in [0.25, 0.3) is 0 Å². The first-order valence-corrected chi connectivity index (χ1v) is 3.00. The molecule has 0 aliphatic heterocycles. The zero-order valence-corrected chi connectivity index (χ0v) is 5.96. The van der Waals surface area contributed by atoms with E-state index >= 15 is 0 Å². The summed E-state index contributed by atoms with van der Waals surface area (Å²) in [6.07, 6.45) is 0.789. The number of aromatic nitrogens is 2. The van der Waals surface area contributed by atoms with Crippen molar-refractivity contribution in [2.75, 3.05) is 0 Å². The first-order chi connectivity index (χ1) is 4.74. The van der Waals surface area contributed by atoms with E-state index in [2.05, 4.69) is 10.2 Å². The summed E-state index contributed by atoms with van der Waals surface area (Å²) in [6, 6.07) is 1.72. The maximum Gasteiger partial charge on any atom is 0.152 e. The Morgan fingerprint density at radius 2 is 2.10 bits per heavy atom. The summed E-state index contributed by atoms with van der Waals surface area (Å²) < 4.78 is 0. The van der Waals surface area contributed by atoms with Gasteiger partial charge in [0.05, 0.1) is 11.4 Å². The Bertz CT molecular complexity index is 258. The normalized spacial score (nSPS) is 9.40. The van der Waals surface area contributed by atoms with E-state index in [9.17, 15) is 4.79 Å². The molecule has 0 saturated carbocycles. The van der Waals surface area contributed by atoms with Crippen molar-refractivity contribution >= 4 is 6.29 Å². The summed E-state index contributed by atoms with van der Waals surface area (Å²) in [5.41, 5.74) is 2.07. The molecule has 0 atom stereocenters. The van der Waals surface area contributed by atoms with Crippen molar-refractivity contribution in [1.29, 1.82) is 0 Å². The summed E-state index contributed by atoms with van der Waals surface area (Å²) in [5.74, 6) is 0. The number of aldehydes is 1. The highest BCUT2D eigenvalue weighted by molar-refractivity contribution is 5.76. The smallest absolute Gasteiger partial charge is 0.152 e. The fourth-order valence-electron chi connectivity index (χ4n) is 0.689. The molecule has 0 bridgehead atoms. The van der Waals surface area contributed by atoms with Gasteiger partial charge in [-0.05, 0) is 19.9 Å². The van der Waals surface area contributed by atoms with Gasteiger partial charge in [0, 0.05) is 5.56 Å². The monoisotopic (exact) mass is 136 g/mol. The SMILES string of the molecule is Cc1cc(C=O)c(C)nn1. The van der Waals surface area contributed by atoms with Gasteiger partial charge in [-0.15, -0.1) is 0 Å². The lowest BCUT2D eigenvalue weighted by atomic mass is 10.2. The molecule has 1 heterocycles. The van der Waals surface area contributed by atoms with Gasteiger partial charge < -0.3 is 0 Å². The molecule has 0 spiro atoms. The van der Waals surface area contributed by atoms with Crippen LogP contribution >= 0.6 is 0 Å². The van der Waals surface area contributed by atoms with Gasteiger partial charge in [-0.3, -0.25) is 4.79 Å². The van der Waals surface area contributed by atoms with Crippen LogP contribution in [0.2, 0.25) is 0 Å². The number of aryl methyl sites for hydroxylation is 2. The Labute approximate surface area is 59.1 Å². The summed E-state index contributed by atoms with van der Waals surface area (Å²) in [5, 5.41) is 7.55. The van der Waals surface area contributed by atoms with Crippen LogP contribution in [-0.2, 0) is 0 Å². The van der Waals surface area contributed by atoms with Crippen molar-refractivity contribution in [2.24, 2.45) is 0 Å². The predicted octanol–water partition coefficient (Wildman–Crippen LogP) is 0.906. The lowest BCUT2D eigenvalue weighted by Gasteiger charge is -1.94. The van der Waals surface area contributed by atoms with E-state index in [1.165, 1.54) is 0 Å². The number of hydrogen-bond acceptors (Lipinski definition) is 3. The van der Waals surface area contributed by atoms with Crippen LogP contribution < -0.4 is 0 Å². The van der Waals surface area contributed by atoms with Crippen LogP contribution in [0.5, 0.6) is 0 Å². The maximum absolute atomic E-state index is 10.3. The van der Waals surface area contributed by atoms with Crippen LogP contribution in [0.25, 0.3) is 0 Å². The van der Waals surface area contributed by atoms with Crippen LogP contribution in [0.1, 0.15) is 21.7 Å². The third-order valence-corrected chi connectivity index (χ3v) is 1.27. The molecule has 0 unspecified atom stereocenters. The van der Waals surface area contributed by atoms with Gasteiger partial charge in [0.2, 0.25) is 0 Å². The molecule has 1 aromatic heterocycles. The second-order valence-corrected chi connectivity index (χ2v) is 2.14. The van der Waals surface area contributed by atoms with E-state index in [1.54, 1.807) is 19.9 Å². The Morgan fingerprint density at radius 3 is 2.60 bits per heavy atom. The first-order valence-electron chi connectivity index (χ1n) is 3.00. The van der Waals surface area contributed by atoms with Crippen molar-refractivity contribution in [3.8, 4) is 0 Å². The van der Waals surface area contributed by atoms with Crippen molar-refractivity contribution in [2.45, 2.75) is 13.8 Å². The molecule has 0 saturated heterocycles. The summed E-state index contributed by atoms with van der Waals surface area (Å²) in [7, 11) is 0. The van der Waals surface area contributed by atoms with Crippen LogP contribution in [0.4, 0.5) is 0 Å². The maximum atomic E-state index is 10.3. The minimum atomic E-state index is 0.618. The van der Waals surface area contributed by atoms with E-state index in [0.717, 1.165) is 12.0 Å². The third-order valence-electron chi connectivity index (χ3n) is 1.27. The van der Waals surface area contributed by atoms with Gasteiger partial charge >= 0.3 is 0 Å². The van der Waals surface area contributed by atoms with Gasteiger partial charge in [-0.2, -0.15) is 10.2 Å². The fraction of sp³-hybridized carbons (Fsp3) is 0.286. The molecule has 1 aromatic rings. The Balaban J connectivity index is 3.21. The number of carbonyl (C=O) groups excluding carboxylic acids is 1. The molecule has 0 radical (unpaired) electrons. The second kappa shape index (κ2) is 2.56. The van der Waals surface area contributed by atoms with E-state index < -0.39 is 0 Å². The van der Waals surface area contributed by atoms with E-state index in [0.29, 0.717) is 11.3 Å². The van der Waals surface area contributed by atoms with Crippen molar-refractivity contribution < 1.29 is 4.79 Å². The van der Waals surface area contributed by atoms with Gasteiger partial charge in [-0.1, -0.05) is 0 Å². The van der Waals surface area contributed by atoms with Gasteiger partial charge in [0.15, 0.2) is 6.29 Å². The Kier molecular flexibility index (Phi) is 1.76. The van der Waals surface area contributed by atoms with Crippen molar-refractivity contribution in [1.82, 2.24) is 10.2 Å². The highest BCUT2D eigenvalue weighted by Crippen LogP contribution is 2.00. The van der Waals surface area contributed by atoms with Crippen LogP contribution in [0, 0.1) is 13.8 Å². The van der Waals surface area contributed by atoms with Crippen LogP contribution in [0.3, 0.4) is 0 Å². The Morgan fingerprint density at radius 1 is 1.40 bits per heavy atom.